The molecule has 1 N–H and O–H groups in total. The Kier molecular flexibility index (Phi) is 6.98. The van der Waals surface area contributed by atoms with Gasteiger partial charge in [-0.1, -0.05) is 12.1 Å². The smallest absolute Gasteiger partial charge is 0.382 e. The summed E-state index contributed by atoms with van der Waals surface area (Å²) in [5.41, 5.74) is 0.186. The lowest BCUT2D eigenvalue weighted by Crippen LogP contribution is -2.24. The van der Waals surface area contributed by atoms with Crippen molar-refractivity contribution in [1.82, 2.24) is 5.32 Å². The van der Waals surface area contributed by atoms with Gasteiger partial charge in [0.15, 0.2) is 0 Å². The standard InChI is InChI=1S/C14H20F3NO2/c1-11(18-7-8-20-10-9-19-2)12-3-5-13(6-4-12)14(15,16)17/h3-6,11,18H,7-10H2,1-2H3. The van der Waals surface area contributed by atoms with Crippen molar-refractivity contribution in [2.45, 2.75) is 19.1 Å². The molecule has 0 spiro atoms. The van der Waals surface area contributed by atoms with Gasteiger partial charge in [0.2, 0.25) is 0 Å². The number of benzene rings is 1. The molecule has 1 aromatic carbocycles. The second-order valence-corrected chi connectivity index (χ2v) is 4.40. The van der Waals surface area contributed by atoms with Crippen molar-refractivity contribution >= 4 is 0 Å². The van der Waals surface area contributed by atoms with Crippen LogP contribution in [0.25, 0.3) is 0 Å². The highest BCUT2D eigenvalue weighted by atomic mass is 19.4. The summed E-state index contributed by atoms with van der Waals surface area (Å²) in [4.78, 5) is 0. The molecule has 0 aliphatic heterocycles. The van der Waals surface area contributed by atoms with Crippen LogP contribution in [0.4, 0.5) is 13.2 Å². The van der Waals surface area contributed by atoms with E-state index < -0.39 is 11.7 Å². The van der Waals surface area contributed by atoms with E-state index in [9.17, 15) is 13.2 Å². The average molecular weight is 291 g/mol. The Morgan fingerprint density at radius 3 is 2.30 bits per heavy atom. The van der Waals surface area contributed by atoms with E-state index in [4.69, 9.17) is 9.47 Å². The van der Waals surface area contributed by atoms with Crippen LogP contribution in [0, 0.1) is 0 Å². The largest absolute Gasteiger partial charge is 0.416 e. The molecule has 0 aliphatic rings. The molecule has 1 aromatic rings. The molecule has 0 heterocycles. The van der Waals surface area contributed by atoms with Crippen LogP contribution in [0.1, 0.15) is 24.1 Å². The van der Waals surface area contributed by atoms with Crippen LogP contribution in [0.5, 0.6) is 0 Å². The van der Waals surface area contributed by atoms with Crippen LogP contribution >= 0.6 is 0 Å². The highest BCUT2D eigenvalue weighted by molar-refractivity contribution is 5.26. The van der Waals surface area contributed by atoms with Gasteiger partial charge in [-0.3, -0.25) is 0 Å². The zero-order valence-corrected chi connectivity index (χ0v) is 11.7. The first-order valence-electron chi connectivity index (χ1n) is 6.42. The van der Waals surface area contributed by atoms with E-state index in [2.05, 4.69) is 5.32 Å². The zero-order chi connectivity index (χ0) is 15.0. The number of halogens is 3. The predicted molar refractivity (Wildman–Crippen MR) is 70.6 cm³/mol. The third kappa shape index (κ3) is 5.90. The molecule has 1 rings (SSSR count). The maximum Gasteiger partial charge on any atom is 0.416 e. The minimum Gasteiger partial charge on any atom is -0.382 e. The van der Waals surface area contributed by atoms with E-state index in [1.54, 1.807) is 7.11 Å². The first kappa shape index (κ1) is 16.9. The number of rotatable bonds is 8. The van der Waals surface area contributed by atoms with Gasteiger partial charge in [-0.2, -0.15) is 13.2 Å². The minimum atomic E-state index is -4.29. The van der Waals surface area contributed by atoms with Crippen molar-refractivity contribution in [2.75, 3.05) is 33.5 Å². The van der Waals surface area contributed by atoms with Crippen LogP contribution in [0.15, 0.2) is 24.3 Å². The summed E-state index contributed by atoms with van der Waals surface area (Å²) in [7, 11) is 1.61. The van der Waals surface area contributed by atoms with E-state index in [1.165, 1.54) is 12.1 Å². The molecular weight excluding hydrogens is 271 g/mol. The number of hydrogen-bond acceptors (Lipinski definition) is 3. The van der Waals surface area contributed by atoms with Crippen LogP contribution in [-0.2, 0) is 15.7 Å². The molecular formula is C14H20F3NO2. The molecule has 0 fully saturated rings. The highest BCUT2D eigenvalue weighted by Crippen LogP contribution is 2.29. The molecule has 0 saturated carbocycles. The third-order valence-electron chi connectivity index (χ3n) is 2.87. The van der Waals surface area contributed by atoms with E-state index >= 15 is 0 Å². The molecule has 0 saturated heterocycles. The molecule has 3 nitrogen and oxygen atoms in total. The lowest BCUT2D eigenvalue weighted by Gasteiger charge is -2.15. The quantitative estimate of drug-likeness (QED) is 0.747. The van der Waals surface area contributed by atoms with Gasteiger partial charge >= 0.3 is 6.18 Å². The second kappa shape index (κ2) is 8.24. The van der Waals surface area contributed by atoms with Crippen molar-refractivity contribution < 1.29 is 22.6 Å². The topological polar surface area (TPSA) is 30.5 Å². The van der Waals surface area contributed by atoms with Crippen molar-refractivity contribution in [3.8, 4) is 0 Å². The van der Waals surface area contributed by atoms with Crippen LogP contribution in [-0.4, -0.2) is 33.5 Å². The van der Waals surface area contributed by atoms with E-state index in [-0.39, 0.29) is 6.04 Å². The second-order valence-electron chi connectivity index (χ2n) is 4.40. The number of nitrogens with one attached hydrogen (secondary N) is 1. The summed E-state index contributed by atoms with van der Waals surface area (Å²) in [5.74, 6) is 0. The monoisotopic (exact) mass is 291 g/mol. The van der Waals surface area contributed by atoms with Crippen molar-refractivity contribution in [3.63, 3.8) is 0 Å². The summed E-state index contributed by atoms with van der Waals surface area (Å²) < 4.78 is 47.4. The van der Waals surface area contributed by atoms with Gasteiger partial charge in [0.05, 0.1) is 25.4 Å². The van der Waals surface area contributed by atoms with Gasteiger partial charge in [0.25, 0.3) is 0 Å². The molecule has 0 amide bonds. The summed E-state index contributed by atoms with van der Waals surface area (Å²) in [6.07, 6.45) is -4.29. The van der Waals surface area contributed by atoms with Gasteiger partial charge in [-0.25, -0.2) is 0 Å². The maximum absolute atomic E-state index is 12.4. The molecule has 0 aromatic heterocycles. The lowest BCUT2D eigenvalue weighted by molar-refractivity contribution is -0.137. The Bertz CT molecular complexity index is 379. The van der Waals surface area contributed by atoms with Crippen LogP contribution in [0.2, 0.25) is 0 Å². The normalized spacial score (nSPS) is 13.4. The molecule has 0 aliphatic carbocycles. The molecule has 0 radical (unpaired) electrons. The Morgan fingerprint density at radius 2 is 1.75 bits per heavy atom. The number of ether oxygens (including phenoxy) is 2. The maximum atomic E-state index is 12.4. The minimum absolute atomic E-state index is 0.0247. The van der Waals surface area contributed by atoms with Gasteiger partial charge in [0, 0.05) is 19.7 Å². The van der Waals surface area contributed by atoms with Gasteiger partial charge < -0.3 is 14.8 Å². The molecule has 1 atom stereocenters. The zero-order valence-electron chi connectivity index (χ0n) is 11.7. The fourth-order valence-corrected chi connectivity index (χ4v) is 1.67. The molecule has 0 bridgehead atoms. The Hall–Kier alpha value is -1.11. The highest BCUT2D eigenvalue weighted by Gasteiger charge is 2.30. The van der Waals surface area contributed by atoms with Crippen LogP contribution in [0.3, 0.4) is 0 Å². The Labute approximate surface area is 117 Å². The Balaban J connectivity index is 2.34. The fourth-order valence-electron chi connectivity index (χ4n) is 1.67. The lowest BCUT2D eigenvalue weighted by atomic mass is 10.1. The van der Waals surface area contributed by atoms with E-state index in [0.717, 1.165) is 17.7 Å². The summed E-state index contributed by atoms with van der Waals surface area (Å²) in [6.45, 7) is 4.15. The summed E-state index contributed by atoms with van der Waals surface area (Å²) in [6, 6.07) is 5.16. The molecule has 114 valence electrons. The van der Waals surface area contributed by atoms with Gasteiger partial charge in [0.1, 0.15) is 0 Å². The number of alkyl halides is 3. The van der Waals surface area contributed by atoms with Gasteiger partial charge in [-0.05, 0) is 24.6 Å². The van der Waals surface area contributed by atoms with E-state index in [0.29, 0.717) is 26.4 Å². The third-order valence-corrected chi connectivity index (χ3v) is 2.87. The fraction of sp³-hybridized carbons (Fsp3) is 0.571. The van der Waals surface area contributed by atoms with Crippen molar-refractivity contribution in [2.24, 2.45) is 0 Å². The van der Waals surface area contributed by atoms with E-state index in [1.807, 2.05) is 6.92 Å². The molecule has 6 heteroatoms. The first-order valence-corrected chi connectivity index (χ1v) is 6.42. The number of methoxy groups -OCH3 is 1. The summed E-state index contributed by atoms with van der Waals surface area (Å²) in [5, 5.41) is 3.19. The van der Waals surface area contributed by atoms with Crippen LogP contribution < -0.4 is 5.32 Å². The SMILES string of the molecule is COCCOCCNC(C)c1ccc(C(F)(F)F)cc1. The predicted octanol–water partition coefficient (Wildman–Crippen LogP) is 3.02. The van der Waals surface area contributed by atoms with Crippen molar-refractivity contribution in [3.05, 3.63) is 35.4 Å². The average Bonchev–Trinajstić information content (AvgIpc) is 2.41. The molecule has 1 unspecified atom stereocenters. The van der Waals surface area contributed by atoms with Crippen molar-refractivity contribution in [1.29, 1.82) is 0 Å². The number of hydrogen-bond donors (Lipinski definition) is 1. The van der Waals surface area contributed by atoms with Gasteiger partial charge in [-0.15, -0.1) is 0 Å². The first-order chi connectivity index (χ1) is 9.45. The molecule has 20 heavy (non-hydrogen) atoms. The summed E-state index contributed by atoms with van der Waals surface area (Å²) >= 11 is 0. The Morgan fingerprint density at radius 1 is 1.10 bits per heavy atom.